The van der Waals surface area contributed by atoms with Crippen LogP contribution >= 0.6 is 0 Å². The highest BCUT2D eigenvalue weighted by Crippen LogP contribution is 2.40. The number of ether oxygens (including phenoxy) is 1. The van der Waals surface area contributed by atoms with Gasteiger partial charge < -0.3 is 10.5 Å². The van der Waals surface area contributed by atoms with Gasteiger partial charge in [0.05, 0.1) is 12.1 Å². The van der Waals surface area contributed by atoms with E-state index in [1.807, 2.05) is 65.6 Å². The topological polar surface area (TPSA) is 72.6 Å². The Morgan fingerprint density at radius 3 is 2.28 bits per heavy atom. The molecule has 2 aromatic carbocycles. The predicted octanol–water partition coefficient (Wildman–Crippen LogP) is 3.42. The number of rotatable bonds is 7. The van der Waals surface area contributed by atoms with Crippen LogP contribution in [0.1, 0.15) is 44.2 Å². The highest BCUT2D eigenvalue weighted by Gasteiger charge is 2.51. The molecule has 1 saturated heterocycles. The van der Waals surface area contributed by atoms with E-state index in [1.165, 1.54) is 0 Å². The van der Waals surface area contributed by atoms with Gasteiger partial charge in [-0.2, -0.15) is 0 Å². The zero-order chi connectivity index (χ0) is 20.9. The van der Waals surface area contributed by atoms with Crippen molar-refractivity contribution in [3.63, 3.8) is 0 Å². The van der Waals surface area contributed by atoms with Gasteiger partial charge in [-0.05, 0) is 44.2 Å². The Balaban J connectivity index is 1.85. The number of carbonyl (C=O) groups excluding carboxylic acids is 2. The molecule has 5 nitrogen and oxygen atoms in total. The maximum atomic E-state index is 13.6. The third-order valence-corrected chi connectivity index (χ3v) is 5.53. The number of nitrogens with zero attached hydrogens (tertiary/aromatic N) is 1. The van der Waals surface area contributed by atoms with Crippen molar-refractivity contribution >= 4 is 11.8 Å². The van der Waals surface area contributed by atoms with Gasteiger partial charge in [-0.15, -0.1) is 0 Å². The van der Waals surface area contributed by atoms with Crippen molar-refractivity contribution in [3.8, 4) is 0 Å². The fourth-order valence-electron chi connectivity index (χ4n) is 4.15. The summed E-state index contributed by atoms with van der Waals surface area (Å²) in [6.45, 7) is 4.41. The van der Waals surface area contributed by atoms with Gasteiger partial charge in [0.1, 0.15) is 12.1 Å². The first-order chi connectivity index (χ1) is 13.8. The van der Waals surface area contributed by atoms with Crippen molar-refractivity contribution in [1.82, 2.24) is 4.90 Å². The molecule has 1 atom stereocenters. The second kappa shape index (κ2) is 8.89. The second-order valence-electron chi connectivity index (χ2n) is 8.30. The zero-order valence-corrected chi connectivity index (χ0v) is 17.3. The number of carbonyl (C=O) groups is 2. The molecule has 3 rings (SSSR count). The number of hydrogen-bond donors (Lipinski definition) is 1. The smallest absolute Gasteiger partial charge is 0.320 e. The molecule has 5 heteroatoms. The molecule has 0 saturated carbocycles. The summed E-state index contributed by atoms with van der Waals surface area (Å²) in [6, 6.07) is 19.3. The number of piperidine rings is 1. The SMILES string of the molecule is CC(C)(N)C(=O)C1(c2ccccc2)CCCCN1CC(=O)OCc1ccccc1. The van der Waals surface area contributed by atoms with Gasteiger partial charge in [0, 0.05) is 6.54 Å². The molecule has 0 amide bonds. The first-order valence-electron chi connectivity index (χ1n) is 10.2. The van der Waals surface area contributed by atoms with E-state index in [0.29, 0.717) is 13.0 Å². The lowest BCUT2D eigenvalue weighted by atomic mass is 9.72. The number of nitrogens with two attached hydrogens (primary N) is 1. The van der Waals surface area contributed by atoms with E-state index in [0.717, 1.165) is 24.0 Å². The molecule has 1 aliphatic rings. The lowest BCUT2D eigenvalue weighted by molar-refractivity contribution is -0.152. The fraction of sp³-hybridized carbons (Fsp3) is 0.417. The molecule has 1 unspecified atom stereocenters. The number of likely N-dealkylation sites (tertiary alicyclic amines) is 1. The standard InChI is InChI=1S/C24H30N2O3/c1-23(2,25)22(28)24(20-13-7-4-8-14-20)15-9-10-16-26(24)17-21(27)29-18-19-11-5-3-6-12-19/h3-8,11-14H,9-10,15-18,25H2,1-2H3. The highest BCUT2D eigenvalue weighted by molar-refractivity contribution is 5.97. The third-order valence-electron chi connectivity index (χ3n) is 5.53. The minimum atomic E-state index is -1.01. The van der Waals surface area contributed by atoms with Gasteiger partial charge in [0.2, 0.25) is 0 Å². The van der Waals surface area contributed by atoms with Crippen LogP contribution in [0.3, 0.4) is 0 Å². The maximum absolute atomic E-state index is 13.6. The summed E-state index contributed by atoms with van der Waals surface area (Å²) in [5.74, 6) is -0.398. The molecule has 2 aromatic rings. The summed E-state index contributed by atoms with van der Waals surface area (Å²) >= 11 is 0. The van der Waals surface area contributed by atoms with Crippen LogP contribution < -0.4 is 5.73 Å². The first-order valence-corrected chi connectivity index (χ1v) is 10.2. The van der Waals surface area contributed by atoms with Gasteiger partial charge in [0.25, 0.3) is 0 Å². The van der Waals surface area contributed by atoms with Gasteiger partial charge in [-0.25, -0.2) is 0 Å². The molecule has 0 aromatic heterocycles. The summed E-state index contributed by atoms with van der Waals surface area (Å²) in [5.41, 5.74) is 6.17. The highest BCUT2D eigenvalue weighted by atomic mass is 16.5. The number of esters is 1. The van der Waals surface area contributed by atoms with E-state index in [4.69, 9.17) is 10.5 Å². The van der Waals surface area contributed by atoms with Gasteiger partial charge in [0.15, 0.2) is 5.78 Å². The molecular weight excluding hydrogens is 364 g/mol. The van der Waals surface area contributed by atoms with E-state index in [9.17, 15) is 9.59 Å². The summed E-state index contributed by atoms with van der Waals surface area (Å²) in [5, 5.41) is 0. The molecule has 0 aliphatic carbocycles. The van der Waals surface area contributed by atoms with Crippen molar-refractivity contribution in [3.05, 3.63) is 71.8 Å². The molecule has 1 fully saturated rings. The lowest BCUT2D eigenvalue weighted by Gasteiger charge is -2.48. The van der Waals surface area contributed by atoms with Crippen LogP contribution in [0.4, 0.5) is 0 Å². The van der Waals surface area contributed by atoms with Crippen molar-refractivity contribution in [2.45, 2.75) is 50.8 Å². The van der Waals surface area contributed by atoms with E-state index >= 15 is 0 Å². The third kappa shape index (κ3) is 4.74. The molecule has 1 aliphatic heterocycles. The monoisotopic (exact) mass is 394 g/mol. The molecule has 154 valence electrons. The first kappa shape index (κ1) is 21.2. The molecule has 1 heterocycles. The van der Waals surface area contributed by atoms with Crippen LogP contribution in [0, 0.1) is 0 Å². The van der Waals surface area contributed by atoms with Crippen LogP contribution in [0.25, 0.3) is 0 Å². The Kier molecular flexibility index (Phi) is 6.50. The minimum absolute atomic E-state index is 0.0591. The van der Waals surface area contributed by atoms with E-state index in [2.05, 4.69) is 0 Å². The van der Waals surface area contributed by atoms with E-state index in [-0.39, 0.29) is 24.9 Å². The fourth-order valence-corrected chi connectivity index (χ4v) is 4.15. The zero-order valence-electron chi connectivity index (χ0n) is 17.3. The van der Waals surface area contributed by atoms with Crippen LogP contribution in [0.5, 0.6) is 0 Å². The van der Waals surface area contributed by atoms with Crippen molar-refractivity contribution < 1.29 is 14.3 Å². The Labute approximate surface area is 172 Å². The van der Waals surface area contributed by atoms with E-state index < -0.39 is 11.1 Å². The number of hydrogen-bond acceptors (Lipinski definition) is 5. The van der Waals surface area contributed by atoms with Crippen LogP contribution in [-0.4, -0.2) is 35.3 Å². The maximum Gasteiger partial charge on any atom is 0.320 e. The molecule has 2 N–H and O–H groups in total. The summed E-state index contributed by atoms with van der Waals surface area (Å²) in [7, 11) is 0. The predicted molar refractivity (Wildman–Crippen MR) is 113 cm³/mol. The van der Waals surface area contributed by atoms with Gasteiger partial charge in [-0.3, -0.25) is 14.5 Å². The van der Waals surface area contributed by atoms with Crippen LogP contribution in [-0.2, 0) is 26.5 Å². The summed E-state index contributed by atoms with van der Waals surface area (Å²) < 4.78 is 5.50. The number of benzene rings is 2. The minimum Gasteiger partial charge on any atom is -0.460 e. The van der Waals surface area contributed by atoms with Crippen molar-refractivity contribution in [2.24, 2.45) is 5.73 Å². The second-order valence-corrected chi connectivity index (χ2v) is 8.30. The Morgan fingerprint density at radius 1 is 1.03 bits per heavy atom. The lowest BCUT2D eigenvalue weighted by Crippen LogP contribution is -2.63. The normalized spacial score (nSPS) is 20.2. The molecule has 0 radical (unpaired) electrons. The number of Topliss-reactive ketones (excluding diaryl/α,β-unsaturated/α-hetero) is 1. The van der Waals surface area contributed by atoms with Gasteiger partial charge in [-0.1, -0.05) is 60.7 Å². The van der Waals surface area contributed by atoms with Gasteiger partial charge >= 0.3 is 5.97 Å². The largest absolute Gasteiger partial charge is 0.460 e. The molecule has 0 spiro atoms. The molecule has 0 bridgehead atoms. The van der Waals surface area contributed by atoms with Crippen LogP contribution in [0.15, 0.2) is 60.7 Å². The summed E-state index contributed by atoms with van der Waals surface area (Å²) in [6.07, 6.45) is 2.48. The quantitative estimate of drug-likeness (QED) is 0.729. The van der Waals surface area contributed by atoms with Crippen molar-refractivity contribution in [2.75, 3.05) is 13.1 Å². The Morgan fingerprint density at radius 2 is 1.66 bits per heavy atom. The Hall–Kier alpha value is -2.50. The Bertz CT molecular complexity index is 830. The average Bonchev–Trinajstić information content (AvgIpc) is 2.73. The van der Waals surface area contributed by atoms with E-state index in [1.54, 1.807) is 13.8 Å². The summed E-state index contributed by atoms with van der Waals surface area (Å²) in [4.78, 5) is 28.2. The average molecular weight is 395 g/mol. The van der Waals surface area contributed by atoms with Crippen LogP contribution in [0.2, 0.25) is 0 Å². The number of ketones is 1. The molecule has 29 heavy (non-hydrogen) atoms. The van der Waals surface area contributed by atoms with Crippen molar-refractivity contribution in [1.29, 1.82) is 0 Å². The molecular formula is C24H30N2O3.